The van der Waals surface area contributed by atoms with Crippen molar-refractivity contribution in [1.29, 1.82) is 0 Å². The van der Waals surface area contributed by atoms with Crippen LogP contribution in [0.4, 0.5) is 56.9 Å². The predicted molar refractivity (Wildman–Crippen MR) is 595 cm³/mol. The number of nitrogens with one attached hydrogen (secondary N) is 10. The SMILES string of the molecule is Cc1ccc(-c2nc(C(=O)Nc3ccccc3N3CCNCC3)cs2)s1.Cn1ccc2cc(-c3nc(C(=O)Nc4ccccc4N4CCNCC4)cs3)ccc21.O=C(Nc1ccccc1N1CCNCC1)c1csc(-c2cc3ccccc3s2)n1.O=C(Nc1ccccc1N1CCNCC1)c1csc(-c2ccc3occc3c2)n1.O=C(Nc1ccccc1N1CCNCC1)c1csc(-c2ccc3sccc3c2)n1. The summed E-state index contributed by atoms with van der Waals surface area (Å²) in [4.78, 5) is 102. The Bertz CT molecular complexity index is 7290. The number of amides is 5. The largest absolute Gasteiger partial charge is 0.464 e. The summed E-state index contributed by atoms with van der Waals surface area (Å²) in [6.45, 7) is 20.9. The number of aryl methyl sites for hydroxylation is 2. The van der Waals surface area contributed by atoms with E-state index in [1.54, 1.807) is 45.7 Å². The van der Waals surface area contributed by atoms with E-state index in [-0.39, 0.29) is 29.5 Å². The summed E-state index contributed by atoms with van der Waals surface area (Å²) in [6, 6.07) is 79.0. The molecule has 5 saturated heterocycles. The lowest BCUT2D eigenvalue weighted by atomic mass is 10.1. The van der Waals surface area contributed by atoms with Crippen molar-refractivity contribution in [2.75, 3.05) is 182 Å². The molecule has 143 heavy (non-hydrogen) atoms. The van der Waals surface area contributed by atoms with E-state index in [4.69, 9.17) is 4.42 Å². The maximum atomic E-state index is 12.9. The highest BCUT2D eigenvalue weighted by molar-refractivity contribution is 7.25. The number of anilines is 10. The fraction of sp³-hybridized carbons (Fsp3) is 0.204. The molecule has 0 radical (unpaired) electrons. The van der Waals surface area contributed by atoms with E-state index in [0.717, 1.165) is 250 Å². The van der Waals surface area contributed by atoms with E-state index in [0.29, 0.717) is 28.5 Å². The molecule has 0 unspecified atom stereocenters. The van der Waals surface area contributed by atoms with E-state index >= 15 is 0 Å². The molecule has 0 spiro atoms. The zero-order valence-corrected chi connectivity index (χ0v) is 84.9. The predicted octanol–water partition coefficient (Wildman–Crippen LogP) is 21.4. The molecular weight excluding hydrogens is 1940 g/mol. The number of piperazine rings is 5. The van der Waals surface area contributed by atoms with E-state index < -0.39 is 0 Å². The topological polar surface area (TPSA) is 304 Å². The molecular formula is C108H103N21O6S8. The van der Waals surface area contributed by atoms with E-state index in [2.05, 4.69) is 223 Å². The zero-order chi connectivity index (χ0) is 97.3. The lowest BCUT2D eigenvalue weighted by Crippen LogP contribution is -2.43. The van der Waals surface area contributed by atoms with Gasteiger partial charge in [0.15, 0.2) is 0 Å². The highest BCUT2D eigenvalue weighted by Gasteiger charge is 2.27. The van der Waals surface area contributed by atoms with Crippen LogP contribution in [0.5, 0.6) is 0 Å². The first-order chi connectivity index (χ1) is 70.2. The van der Waals surface area contributed by atoms with Crippen molar-refractivity contribution in [3.8, 4) is 51.5 Å². The monoisotopic (exact) mass is 2050 g/mol. The normalized spacial score (nSPS) is 14.3. The van der Waals surface area contributed by atoms with Crippen LogP contribution in [-0.4, -0.2) is 190 Å². The number of rotatable bonds is 20. The van der Waals surface area contributed by atoms with Crippen molar-refractivity contribution in [3.05, 3.63) is 315 Å². The van der Waals surface area contributed by atoms with E-state index in [9.17, 15) is 24.0 Å². The van der Waals surface area contributed by atoms with Gasteiger partial charge in [-0.2, -0.15) is 0 Å². The molecule has 0 aliphatic carbocycles. The molecule has 10 N–H and O–H groups in total. The van der Waals surface area contributed by atoms with Gasteiger partial charge < -0.3 is 86.7 Å². The number of hydrogen-bond donors (Lipinski definition) is 10. The molecule has 15 heterocycles. The van der Waals surface area contributed by atoms with Crippen LogP contribution in [0.2, 0.25) is 0 Å². The Morgan fingerprint density at radius 3 is 1.05 bits per heavy atom. The van der Waals surface area contributed by atoms with Crippen molar-refractivity contribution in [2.45, 2.75) is 6.92 Å². The fourth-order valence-electron chi connectivity index (χ4n) is 17.5. The van der Waals surface area contributed by atoms with E-state index in [1.165, 1.54) is 92.6 Å². The van der Waals surface area contributed by atoms with Crippen LogP contribution in [-0.2, 0) is 7.05 Å². The number of fused-ring (bicyclic) bond motifs is 4. The second-order valence-electron chi connectivity index (χ2n) is 34.3. The van der Waals surface area contributed by atoms with Crippen LogP contribution < -0.4 is 77.7 Å². The lowest BCUT2D eigenvalue weighted by molar-refractivity contribution is 0.101. The molecule has 9 aromatic carbocycles. The molecule has 0 saturated carbocycles. The molecule has 724 valence electrons. The van der Waals surface area contributed by atoms with Crippen molar-refractivity contribution in [2.24, 2.45) is 7.05 Å². The van der Waals surface area contributed by atoms with Crippen molar-refractivity contribution < 1.29 is 28.4 Å². The van der Waals surface area contributed by atoms with Gasteiger partial charge in [0, 0.05) is 218 Å². The molecule has 27 nitrogen and oxygen atoms in total. The molecule has 35 heteroatoms. The minimum atomic E-state index is -0.195. The van der Waals surface area contributed by atoms with Crippen LogP contribution in [0.3, 0.4) is 0 Å². The highest BCUT2D eigenvalue weighted by atomic mass is 32.1. The molecule has 0 atom stereocenters. The van der Waals surface area contributed by atoms with Gasteiger partial charge in [0.25, 0.3) is 29.5 Å². The summed E-state index contributed by atoms with van der Waals surface area (Å²) in [7, 11) is 2.03. The van der Waals surface area contributed by atoms with Gasteiger partial charge in [-0.1, -0.05) is 84.9 Å². The second kappa shape index (κ2) is 45.9. The third-order valence-electron chi connectivity index (χ3n) is 24.9. The molecule has 10 aromatic heterocycles. The quantitative estimate of drug-likeness (QED) is 0.0339. The highest BCUT2D eigenvalue weighted by Crippen LogP contribution is 2.40. The molecule has 0 bridgehead atoms. The zero-order valence-electron chi connectivity index (χ0n) is 78.4. The average Bonchev–Trinajstić information content (AvgIpc) is 1.69. The minimum absolute atomic E-state index is 0.164. The van der Waals surface area contributed by atoms with Gasteiger partial charge >= 0.3 is 0 Å². The van der Waals surface area contributed by atoms with Crippen LogP contribution in [0.1, 0.15) is 57.3 Å². The number of thiophene rings is 3. The van der Waals surface area contributed by atoms with Crippen LogP contribution in [0.25, 0.3) is 93.5 Å². The first kappa shape index (κ1) is 96.5. The van der Waals surface area contributed by atoms with Crippen LogP contribution in [0.15, 0.2) is 286 Å². The number of thiazole rings is 5. The number of benzene rings is 9. The molecule has 5 amide bonds. The Morgan fingerprint density at radius 2 is 0.650 bits per heavy atom. The Labute approximate surface area is 858 Å². The Kier molecular flexibility index (Phi) is 31.0. The number of nitrogens with zero attached hydrogens (tertiary/aromatic N) is 11. The van der Waals surface area contributed by atoms with E-state index in [1.807, 2.05) is 168 Å². The van der Waals surface area contributed by atoms with Gasteiger partial charge in [-0.15, -0.1) is 90.7 Å². The molecule has 24 rings (SSSR count). The van der Waals surface area contributed by atoms with Crippen molar-refractivity contribution >= 4 is 219 Å². The molecule has 5 aliphatic rings. The Balaban J connectivity index is 0.000000109. The summed E-state index contributed by atoms with van der Waals surface area (Å²) in [5, 5.41) is 52.2. The number of para-hydroxylation sites is 10. The van der Waals surface area contributed by atoms with Gasteiger partial charge in [0.2, 0.25) is 0 Å². The number of furan rings is 1. The lowest BCUT2D eigenvalue weighted by Gasteiger charge is -2.31. The number of carbonyl (C=O) groups is 5. The van der Waals surface area contributed by atoms with Crippen LogP contribution in [0, 0.1) is 6.92 Å². The molecule has 5 fully saturated rings. The minimum Gasteiger partial charge on any atom is -0.464 e. The maximum absolute atomic E-state index is 12.9. The summed E-state index contributed by atoms with van der Waals surface area (Å²) in [5.74, 6) is -0.883. The van der Waals surface area contributed by atoms with Crippen molar-refractivity contribution in [1.82, 2.24) is 56.1 Å². The summed E-state index contributed by atoms with van der Waals surface area (Å²) in [6.07, 6.45) is 3.72. The van der Waals surface area contributed by atoms with Gasteiger partial charge in [-0.25, -0.2) is 24.9 Å². The Hall–Kier alpha value is -14.0. The Morgan fingerprint density at radius 1 is 0.308 bits per heavy atom. The maximum Gasteiger partial charge on any atom is 0.275 e. The smallest absolute Gasteiger partial charge is 0.275 e. The summed E-state index contributed by atoms with van der Waals surface area (Å²) in [5.41, 5.74) is 16.7. The van der Waals surface area contributed by atoms with Gasteiger partial charge in [0.1, 0.15) is 59.1 Å². The number of carbonyl (C=O) groups excluding carboxylic acids is 5. The first-order valence-corrected chi connectivity index (χ1v) is 54.3. The standard InChI is InChI=1S/C23H23N5OS.C22H20N4O2S.2C22H20N4OS2.C19H20N4OS2/c1-27-11-8-16-14-17(6-7-20(16)27)23-26-19(15-30-23)22(29)25-18-4-2-3-5-21(18)28-12-9-24-10-13-28;27-21(24-17-3-1-2-4-19(17)26-10-8-23-9-11-26)18-14-29-22(25-18)16-5-6-20-15(13-16)7-12-28-20;27-21(24-16-6-2-3-7-18(16)26-11-9-23-10-12-26)17-14-28-22(25-17)20-13-15-5-1-4-8-19(15)29-20;27-21(24-17-3-1-2-4-19(17)26-10-8-23-9-11-26)18-14-29-22(25-18)16-5-6-20-15(13-16)7-12-28-20;1-13-6-7-17(26-13)19-22-15(12-25-19)18(24)21-14-4-2-3-5-16(14)23-10-8-20-9-11-23/h2-8,11,14-15,24H,9-10,12-13H2,1H3,(H,25,29);1-7,12-14,23H,8-11H2,(H,24,27);1-8,13-14,23H,9-12H2,(H,24,27);1-7,12-14,23H,8-11H2,(H,24,27);2-7,12,20H,8-11H2,1H3,(H,21,24). The number of hydrogen-bond acceptors (Lipinski definition) is 29. The van der Waals surface area contributed by atoms with Crippen molar-refractivity contribution in [3.63, 3.8) is 0 Å². The van der Waals surface area contributed by atoms with Gasteiger partial charge in [-0.3, -0.25) is 24.0 Å². The molecule has 5 aliphatic heterocycles. The van der Waals surface area contributed by atoms with Gasteiger partial charge in [-0.05, 0) is 175 Å². The first-order valence-electron chi connectivity index (χ1n) is 47.4. The molecule has 19 aromatic rings. The third-order valence-corrected chi connectivity index (χ3v) is 32.6. The van der Waals surface area contributed by atoms with Crippen LogP contribution >= 0.6 is 90.7 Å². The average molecular weight is 2050 g/mol. The second-order valence-corrected chi connectivity index (χ2v) is 41.9. The summed E-state index contributed by atoms with van der Waals surface area (Å²) >= 11 is 12.6. The summed E-state index contributed by atoms with van der Waals surface area (Å²) < 4.78 is 9.97. The van der Waals surface area contributed by atoms with Gasteiger partial charge in [0.05, 0.1) is 72.9 Å². The fourth-order valence-corrected chi connectivity index (χ4v) is 24.3. The number of aromatic nitrogens is 6. The third kappa shape index (κ3) is 23.5.